The van der Waals surface area contributed by atoms with Crippen LogP contribution in [-0.4, -0.2) is 24.1 Å². The van der Waals surface area contributed by atoms with Crippen LogP contribution in [0.2, 0.25) is 0 Å². The van der Waals surface area contributed by atoms with Crippen molar-refractivity contribution in [2.24, 2.45) is 0 Å². The van der Waals surface area contributed by atoms with Gasteiger partial charge in [-0.2, -0.15) is 0 Å². The Bertz CT molecular complexity index is 3570. The van der Waals surface area contributed by atoms with Crippen molar-refractivity contribution in [2.45, 2.75) is 0 Å². The lowest BCUT2D eigenvalue weighted by atomic mass is 9.97. The molecular weight excluding hydrogens is 755 g/mol. The standard InChI is InChI=1S/C57H37N5/c1-4-18-38(19-5-1)43-24-10-11-28-48(43)56-58-55(40-22-8-3-9-23-40)59-57(60-56)50-37-41(32-34-44(50)39-20-6-2-7-21-39)62-53-31-17-14-27-47(53)49-36-42(33-35-54(49)62)61-51-29-15-12-25-45(51)46-26-13-16-30-52(46)61/h1-37H. The summed E-state index contributed by atoms with van der Waals surface area (Å²) < 4.78 is 4.77. The van der Waals surface area contributed by atoms with Crippen LogP contribution in [0, 0.1) is 0 Å². The Balaban J connectivity index is 1.10. The molecule has 0 saturated carbocycles. The molecule has 3 heterocycles. The summed E-state index contributed by atoms with van der Waals surface area (Å²) in [5, 5.41) is 4.86. The van der Waals surface area contributed by atoms with Gasteiger partial charge in [-0.3, -0.25) is 0 Å². The van der Waals surface area contributed by atoms with Gasteiger partial charge in [0.15, 0.2) is 17.5 Å². The van der Waals surface area contributed by atoms with Crippen LogP contribution >= 0.6 is 0 Å². The average molecular weight is 792 g/mol. The lowest BCUT2D eigenvalue weighted by Gasteiger charge is -2.16. The van der Waals surface area contributed by atoms with Gasteiger partial charge in [0.2, 0.25) is 0 Å². The Morgan fingerprint density at radius 2 is 0.629 bits per heavy atom. The highest BCUT2D eigenvalue weighted by atomic mass is 15.0. The molecule has 0 radical (unpaired) electrons. The minimum Gasteiger partial charge on any atom is -0.309 e. The van der Waals surface area contributed by atoms with E-state index in [0.29, 0.717) is 17.5 Å². The molecule has 0 aliphatic rings. The highest BCUT2D eigenvalue weighted by molar-refractivity contribution is 6.12. The van der Waals surface area contributed by atoms with Crippen LogP contribution in [0.1, 0.15) is 0 Å². The van der Waals surface area contributed by atoms with E-state index >= 15 is 0 Å². The molecule has 9 aromatic carbocycles. The number of nitrogens with zero attached hydrogens (tertiary/aromatic N) is 5. The van der Waals surface area contributed by atoms with Gasteiger partial charge in [0.25, 0.3) is 0 Å². The second-order valence-electron chi connectivity index (χ2n) is 15.6. The van der Waals surface area contributed by atoms with E-state index in [1.54, 1.807) is 0 Å². The summed E-state index contributed by atoms with van der Waals surface area (Å²) >= 11 is 0. The maximum Gasteiger partial charge on any atom is 0.164 e. The first-order chi connectivity index (χ1) is 30.8. The van der Waals surface area contributed by atoms with Gasteiger partial charge in [-0.25, -0.2) is 15.0 Å². The maximum atomic E-state index is 5.37. The van der Waals surface area contributed by atoms with Gasteiger partial charge in [-0.05, 0) is 70.8 Å². The van der Waals surface area contributed by atoms with E-state index < -0.39 is 0 Å². The summed E-state index contributed by atoms with van der Waals surface area (Å²) in [7, 11) is 0. The van der Waals surface area contributed by atoms with Crippen LogP contribution in [0.4, 0.5) is 0 Å². The van der Waals surface area contributed by atoms with Crippen molar-refractivity contribution in [3.63, 3.8) is 0 Å². The monoisotopic (exact) mass is 791 g/mol. The van der Waals surface area contributed by atoms with E-state index in [4.69, 9.17) is 15.0 Å². The summed E-state index contributed by atoms with van der Waals surface area (Å²) in [6, 6.07) is 79.2. The molecule has 62 heavy (non-hydrogen) atoms. The summed E-state index contributed by atoms with van der Waals surface area (Å²) in [5.74, 6) is 1.84. The zero-order valence-electron chi connectivity index (χ0n) is 33.6. The first-order valence-corrected chi connectivity index (χ1v) is 21.0. The van der Waals surface area contributed by atoms with E-state index in [2.05, 4.69) is 209 Å². The molecule has 0 aliphatic heterocycles. The first kappa shape index (κ1) is 35.5. The number of aromatic nitrogens is 5. The number of fused-ring (bicyclic) bond motifs is 6. The lowest BCUT2D eigenvalue weighted by molar-refractivity contribution is 1.07. The molecule has 0 saturated heterocycles. The minimum atomic E-state index is 0.604. The minimum absolute atomic E-state index is 0.604. The molecule has 5 nitrogen and oxygen atoms in total. The third kappa shape index (κ3) is 5.90. The first-order valence-electron chi connectivity index (χ1n) is 21.0. The van der Waals surface area contributed by atoms with Crippen LogP contribution in [0.25, 0.3) is 111 Å². The Hall–Kier alpha value is -8.41. The van der Waals surface area contributed by atoms with Crippen LogP contribution in [-0.2, 0) is 0 Å². The summed E-state index contributed by atoms with van der Waals surface area (Å²) in [5.41, 5.74) is 13.8. The van der Waals surface area contributed by atoms with Crippen molar-refractivity contribution < 1.29 is 0 Å². The predicted octanol–water partition coefficient (Wildman–Crippen LogP) is 14.4. The second kappa shape index (κ2) is 14.7. The van der Waals surface area contributed by atoms with E-state index in [-0.39, 0.29) is 0 Å². The number of benzene rings is 9. The topological polar surface area (TPSA) is 48.5 Å². The second-order valence-corrected chi connectivity index (χ2v) is 15.6. The molecule has 5 heteroatoms. The molecule has 0 amide bonds. The Labute approximate surface area is 358 Å². The van der Waals surface area contributed by atoms with Gasteiger partial charge >= 0.3 is 0 Å². The van der Waals surface area contributed by atoms with Gasteiger partial charge in [0, 0.05) is 49.6 Å². The molecule has 0 fully saturated rings. The Kier molecular flexibility index (Phi) is 8.42. The van der Waals surface area contributed by atoms with Gasteiger partial charge in [-0.15, -0.1) is 0 Å². The third-order valence-corrected chi connectivity index (χ3v) is 12.0. The molecule has 0 aliphatic carbocycles. The Morgan fingerprint density at radius 3 is 1.21 bits per heavy atom. The molecule has 0 atom stereocenters. The van der Waals surface area contributed by atoms with Gasteiger partial charge in [-0.1, -0.05) is 176 Å². The highest BCUT2D eigenvalue weighted by Crippen LogP contribution is 2.40. The molecular formula is C57H37N5. The molecule has 12 rings (SSSR count). The van der Waals surface area contributed by atoms with Crippen molar-refractivity contribution in [1.29, 1.82) is 0 Å². The average Bonchev–Trinajstić information content (AvgIpc) is 3.87. The Morgan fingerprint density at radius 1 is 0.242 bits per heavy atom. The molecule has 290 valence electrons. The number of hydrogen-bond acceptors (Lipinski definition) is 3. The van der Waals surface area contributed by atoms with Crippen LogP contribution in [0.15, 0.2) is 224 Å². The number of hydrogen-bond donors (Lipinski definition) is 0. The molecule has 0 spiro atoms. The quantitative estimate of drug-likeness (QED) is 0.162. The molecule has 0 unspecified atom stereocenters. The fourth-order valence-corrected chi connectivity index (χ4v) is 9.19. The van der Waals surface area contributed by atoms with Gasteiger partial charge in [0.05, 0.1) is 22.1 Å². The van der Waals surface area contributed by atoms with E-state index in [1.165, 1.54) is 32.6 Å². The molecule has 0 N–H and O–H groups in total. The fourth-order valence-electron chi connectivity index (χ4n) is 9.19. The highest BCUT2D eigenvalue weighted by Gasteiger charge is 2.21. The van der Waals surface area contributed by atoms with Crippen molar-refractivity contribution in [1.82, 2.24) is 24.1 Å². The smallest absolute Gasteiger partial charge is 0.164 e. The predicted molar refractivity (Wildman–Crippen MR) is 256 cm³/mol. The third-order valence-electron chi connectivity index (χ3n) is 12.0. The molecule has 3 aromatic heterocycles. The zero-order chi connectivity index (χ0) is 41.0. The summed E-state index contributed by atoms with van der Waals surface area (Å²) in [6.45, 7) is 0. The van der Waals surface area contributed by atoms with E-state index in [1.807, 2.05) is 24.3 Å². The summed E-state index contributed by atoms with van der Waals surface area (Å²) in [6.07, 6.45) is 0. The van der Waals surface area contributed by atoms with Gasteiger partial charge in [0.1, 0.15) is 0 Å². The lowest BCUT2D eigenvalue weighted by Crippen LogP contribution is -2.03. The van der Waals surface area contributed by atoms with Crippen LogP contribution < -0.4 is 0 Å². The van der Waals surface area contributed by atoms with Crippen molar-refractivity contribution >= 4 is 43.6 Å². The van der Waals surface area contributed by atoms with Crippen molar-refractivity contribution in [3.05, 3.63) is 224 Å². The normalized spacial score (nSPS) is 11.5. The fraction of sp³-hybridized carbons (Fsp3) is 0. The zero-order valence-corrected chi connectivity index (χ0v) is 33.6. The number of rotatable bonds is 7. The summed E-state index contributed by atoms with van der Waals surface area (Å²) in [4.78, 5) is 15.8. The van der Waals surface area contributed by atoms with Crippen LogP contribution in [0.5, 0.6) is 0 Å². The van der Waals surface area contributed by atoms with E-state index in [9.17, 15) is 0 Å². The van der Waals surface area contributed by atoms with Crippen molar-refractivity contribution in [3.8, 4) is 67.8 Å². The number of para-hydroxylation sites is 3. The molecule has 12 aromatic rings. The van der Waals surface area contributed by atoms with Crippen molar-refractivity contribution in [2.75, 3.05) is 0 Å². The largest absolute Gasteiger partial charge is 0.309 e. The SMILES string of the molecule is c1ccc(-c2nc(-c3ccccc3-c3ccccc3)nc(-c3cc(-n4c5ccccc5c5cc(-n6c7ccccc7c7ccccc76)ccc54)ccc3-c3ccccc3)n2)cc1. The maximum absolute atomic E-state index is 5.37. The van der Waals surface area contributed by atoms with Crippen LogP contribution in [0.3, 0.4) is 0 Å². The van der Waals surface area contributed by atoms with E-state index in [0.717, 1.165) is 61.4 Å². The molecule has 0 bridgehead atoms. The van der Waals surface area contributed by atoms with Gasteiger partial charge < -0.3 is 9.13 Å².